The lowest BCUT2D eigenvalue weighted by Crippen LogP contribution is -1.94. The van der Waals surface area contributed by atoms with Gasteiger partial charge in [0.2, 0.25) is 0 Å². The summed E-state index contributed by atoms with van der Waals surface area (Å²) >= 11 is 5.75. The Hall–Kier alpha value is -1.99. The Balaban J connectivity index is 2.72. The van der Waals surface area contributed by atoms with E-state index in [1.54, 1.807) is 6.07 Å². The molecule has 0 aromatic heterocycles. The summed E-state index contributed by atoms with van der Waals surface area (Å²) in [6, 6.07) is 7.50. The van der Waals surface area contributed by atoms with Crippen molar-refractivity contribution in [3.8, 4) is 17.2 Å². The highest BCUT2D eigenvalue weighted by atomic mass is 35.5. The van der Waals surface area contributed by atoms with E-state index < -0.39 is 23.0 Å². The zero-order valence-electron chi connectivity index (χ0n) is 8.77. The molecular formula is C13H4ClF3N. The maximum absolute atomic E-state index is 13.7. The van der Waals surface area contributed by atoms with Crippen molar-refractivity contribution >= 4 is 11.6 Å². The predicted octanol–water partition coefficient (Wildman–Crippen LogP) is 4.10. The van der Waals surface area contributed by atoms with Gasteiger partial charge in [0.05, 0.1) is 17.2 Å². The van der Waals surface area contributed by atoms with Crippen LogP contribution < -0.4 is 0 Å². The number of nitrogens with zero attached hydrogens (tertiary/aromatic N) is 1. The van der Waals surface area contributed by atoms with Gasteiger partial charge in [-0.25, -0.2) is 13.2 Å². The Bertz CT molecular complexity index is 639. The first-order chi connectivity index (χ1) is 8.52. The van der Waals surface area contributed by atoms with Gasteiger partial charge in [-0.05, 0) is 24.3 Å². The SMILES string of the molecule is N#Cc1cc(F)c(-c2cc(F)[c]cc2Cl)c(F)c1. The molecule has 0 N–H and O–H groups in total. The molecule has 0 fully saturated rings. The van der Waals surface area contributed by atoms with Crippen LogP contribution in [0.5, 0.6) is 0 Å². The van der Waals surface area contributed by atoms with Crippen molar-refractivity contribution in [3.63, 3.8) is 0 Å². The number of nitriles is 1. The standard InChI is InChI=1S/C13H4ClF3N/c14-10-2-1-8(15)5-9(10)13-11(16)3-7(6-18)4-12(13)17/h2-5H. The van der Waals surface area contributed by atoms with E-state index in [2.05, 4.69) is 6.07 Å². The van der Waals surface area contributed by atoms with Crippen molar-refractivity contribution < 1.29 is 13.2 Å². The first-order valence-corrected chi connectivity index (χ1v) is 5.17. The molecule has 2 rings (SSSR count). The fraction of sp³-hybridized carbons (Fsp3) is 0. The molecule has 0 aliphatic carbocycles. The van der Waals surface area contributed by atoms with Gasteiger partial charge in [0.25, 0.3) is 0 Å². The second-order valence-electron chi connectivity index (χ2n) is 3.47. The monoisotopic (exact) mass is 266 g/mol. The Kier molecular flexibility index (Phi) is 3.26. The van der Waals surface area contributed by atoms with Crippen molar-refractivity contribution in [2.24, 2.45) is 0 Å². The smallest absolute Gasteiger partial charge is 0.135 e. The molecule has 0 spiro atoms. The summed E-state index contributed by atoms with van der Waals surface area (Å²) in [5, 5.41) is 8.54. The molecule has 1 nitrogen and oxygen atoms in total. The summed E-state index contributed by atoms with van der Waals surface area (Å²) in [5.74, 6) is -2.73. The van der Waals surface area contributed by atoms with Gasteiger partial charge >= 0.3 is 0 Å². The zero-order valence-corrected chi connectivity index (χ0v) is 9.52. The van der Waals surface area contributed by atoms with E-state index in [9.17, 15) is 13.2 Å². The van der Waals surface area contributed by atoms with E-state index in [1.807, 2.05) is 0 Å². The lowest BCUT2D eigenvalue weighted by molar-refractivity contribution is 0.588. The van der Waals surface area contributed by atoms with Crippen LogP contribution >= 0.6 is 11.6 Å². The molecule has 2 aromatic rings. The summed E-state index contributed by atoms with van der Waals surface area (Å²) in [5.41, 5.74) is -0.743. The number of halogens is 4. The first kappa shape index (κ1) is 12.5. The van der Waals surface area contributed by atoms with E-state index >= 15 is 0 Å². The highest BCUT2D eigenvalue weighted by Crippen LogP contribution is 2.33. The van der Waals surface area contributed by atoms with Crippen LogP contribution in [-0.4, -0.2) is 0 Å². The third kappa shape index (κ3) is 2.18. The summed E-state index contributed by atoms with van der Waals surface area (Å²) in [4.78, 5) is 0. The molecule has 0 saturated heterocycles. The highest BCUT2D eigenvalue weighted by molar-refractivity contribution is 6.33. The van der Waals surface area contributed by atoms with Crippen LogP contribution in [-0.2, 0) is 0 Å². The molecule has 18 heavy (non-hydrogen) atoms. The fourth-order valence-corrected chi connectivity index (χ4v) is 1.74. The van der Waals surface area contributed by atoms with E-state index in [-0.39, 0.29) is 16.1 Å². The molecule has 0 aliphatic heterocycles. The van der Waals surface area contributed by atoms with Gasteiger partial charge in [0.15, 0.2) is 0 Å². The van der Waals surface area contributed by atoms with Crippen molar-refractivity contribution in [1.82, 2.24) is 0 Å². The Morgan fingerprint density at radius 1 is 1.11 bits per heavy atom. The molecule has 2 aromatic carbocycles. The van der Waals surface area contributed by atoms with Gasteiger partial charge in [-0.1, -0.05) is 11.6 Å². The minimum Gasteiger partial charge on any atom is -0.206 e. The van der Waals surface area contributed by atoms with E-state index in [1.165, 1.54) is 0 Å². The minimum absolute atomic E-state index is 0.0288. The molecule has 0 heterocycles. The largest absolute Gasteiger partial charge is 0.206 e. The molecule has 0 amide bonds. The van der Waals surface area contributed by atoms with Crippen LogP contribution in [0.15, 0.2) is 24.3 Å². The molecule has 0 aliphatic rings. The minimum atomic E-state index is -0.973. The van der Waals surface area contributed by atoms with Gasteiger partial charge in [0.1, 0.15) is 17.5 Å². The molecule has 0 bridgehead atoms. The highest BCUT2D eigenvalue weighted by Gasteiger charge is 2.16. The topological polar surface area (TPSA) is 23.8 Å². The van der Waals surface area contributed by atoms with Crippen molar-refractivity contribution in [2.45, 2.75) is 0 Å². The second-order valence-corrected chi connectivity index (χ2v) is 3.88. The van der Waals surface area contributed by atoms with Crippen LogP contribution in [0.25, 0.3) is 11.1 Å². The predicted molar refractivity (Wildman–Crippen MR) is 60.3 cm³/mol. The van der Waals surface area contributed by atoms with Gasteiger partial charge in [-0.3, -0.25) is 0 Å². The number of benzene rings is 2. The Morgan fingerprint density at radius 2 is 1.72 bits per heavy atom. The summed E-state index contributed by atoms with van der Waals surface area (Å²) in [7, 11) is 0. The van der Waals surface area contributed by atoms with Crippen LogP contribution in [0.2, 0.25) is 5.02 Å². The summed E-state index contributed by atoms with van der Waals surface area (Å²) in [6.07, 6.45) is 0. The van der Waals surface area contributed by atoms with E-state index in [4.69, 9.17) is 16.9 Å². The van der Waals surface area contributed by atoms with Gasteiger partial charge in [0, 0.05) is 16.7 Å². The molecule has 89 valence electrons. The quantitative estimate of drug-likeness (QED) is 0.762. The molecule has 1 radical (unpaired) electrons. The lowest BCUT2D eigenvalue weighted by Gasteiger charge is -2.07. The van der Waals surface area contributed by atoms with Crippen LogP contribution in [0.4, 0.5) is 13.2 Å². The second kappa shape index (κ2) is 4.71. The third-order valence-electron chi connectivity index (χ3n) is 2.31. The zero-order chi connectivity index (χ0) is 13.3. The first-order valence-electron chi connectivity index (χ1n) is 4.79. The fourth-order valence-electron chi connectivity index (χ4n) is 1.53. The summed E-state index contributed by atoms with van der Waals surface area (Å²) < 4.78 is 40.5. The molecule has 5 heteroatoms. The lowest BCUT2D eigenvalue weighted by atomic mass is 10.0. The number of hydrogen-bond acceptors (Lipinski definition) is 1. The van der Waals surface area contributed by atoms with Crippen LogP contribution in [0.1, 0.15) is 5.56 Å². The third-order valence-corrected chi connectivity index (χ3v) is 2.62. The van der Waals surface area contributed by atoms with Gasteiger partial charge in [-0.15, -0.1) is 0 Å². The number of hydrogen-bond donors (Lipinski definition) is 0. The average Bonchev–Trinajstić information content (AvgIpc) is 2.32. The molecule has 0 saturated carbocycles. The van der Waals surface area contributed by atoms with Gasteiger partial charge in [-0.2, -0.15) is 5.26 Å². The Labute approximate surface area is 106 Å². The Morgan fingerprint density at radius 3 is 2.28 bits per heavy atom. The van der Waals surface area contributed by atoms with E-state index in [0.717, 1.165) is 24.3 Å². The molecule has 0 atom stereocenters. The normalized spacial score (nSPS) is 10.2. The number of rotatable bonds is 1. The maximum atomic E-state index is 13.7. The van der Waals surface area contributed by atoms with E-state index in [0.29, 0.717) is 0 Å². The van der Waals surface area contributed by atoms with Crippen LogP contribution in [0, 0.1) is 34.8 Å². The van der Waals surface area contributed by atoms with Gasteiger partial charge < -0.3 is 0 Å². The van der Waals surface area contributed by atoms with Crippen LogP contribution in [0.3, 0.4) is 0 Å². The van der Waals surface area contributed by atoms with Crippen molar-refractivity contribution in [1.29, 1.82) is 5.26 Å². The van der Waals surface area contributed by atoms with Crippen molar-refractivity contribution in [3.05, 3.63) is 58.4 Å². The molecular weight excluding hydrogens is 263 g/mol. The molecule has 0 unspecified atom stereocenters. The maximum Gasteiger partial charge on any atom is 0.135 e. The summed E-state index contributed by atoms with van der Waals surface area (Å²) in [6.45, 7) is 0. The average molecular weight is 267 g/mol. The van der Waals surface area contributed by atoms with Crippen molar-refractivity contribution in [2.75, 3.05) is 0 Å².